The van der Waals surface area contributed by atoms with Gasteiger partial charge in [-0.3, -0.25) is 0 Å². The molecule has 0 saturated heterocycles. The van der Waals surface area contributed by atoms with E-state index in [0.717, 1.165) is 32.4 Å². The molecule has 15 heavy (non-hydrogen) atoms. The van der Waals surface area contributed by atoms with Gasteiger partial charge in [-0.05, 0) is 25.8 Å². The molecule has 88 valence electrons. The van der Waals surface area contributed by atoms with Gasteiger partial charge < -0.3 is 10.1 Å². The fraction of sp³-hybridized carbons (Fsp3) is 0.917. The number of nitriles is 1. The van der Waals surface area contributed by atoms with Crippen molar-refractivity contribution in [1.29, 1.82) is 5.26 Å². The van der Waals surface area contributed by atoms with Crippen LogP contribution < -0.4 is 5.32 Å². The molecule has 0 spiro atoms. The van der Waals surface area contributed by atoms with Crippen LogP contribution in [0.3, 0.4) is 0 Å². The first-order chi connectivity index (χ1) is 7.35. The zero-order chi connectivity index (χ0) is 11.4. The number of rotatable bonds is 10. The Hall–Kier alpha value is -0.590. The van der Waals surface area contributed by atoms with Crippen molar-refractivity contribution >= 4 is 0 Å². The standard InChI is InChI=1S/C12H24N2O/c1-3-5-6-9-15-10-7-12(11-13)14-8-4-2/h12,14H,3-10H2,1-2H3. The van der Waals surface area contributed by atoms with Gasteiger partial charge in [-0.15, -0.1) is 0 Å². The molecule has 0 aromatic heterocycles. The Balaban J connectivity index is 3.27. The Morgan fingerprint density at radius 1 is 1.20 bits per heavy atom. The average Bonchev–Trinajstić information content (AvgIpc) is 2.27. The third-order valence-electron chi connectivity index (χ3n) is 2.24. The fourth-order valence-electron chi connectivity index (χ4n) is 1.29. The van der Waals surface area contributed by atoms with Gasteiger partial charge >= 0.3 is 0 Å². The van der Waals surface area contributed by atoms with Crippen molar-refractivity contribution in [3.05, 3.63) is 0 Å². The average molecular weight is 212 g/mol. The molecular formula is C12H24N2O. The molecule has 0 heterocycles. The molecule has 0 aromatic rings. The maximum atomic E-state index is 8.83. The predicted octanol–water partition coefficient (Wildman–Crippen LogP) is 2.48. The number of hydrogen-bond acceptors (Lipinski definition) is 3. The molecule has 3 nitrogen and oxygen atoms in total. The van der Waals surface area contributed by atoms with E-state index in [4.69, 9.17) is 10.00 Å². The minimum Gasteiger partial charge on any atom is -0.381 e. The van der Waals surface area contributed by atoms with E-state index in [2.05, 4.69) is 25.2 Å². The van der Waals surface area contributed by atoms with Crippen LogP contribution in [-0.2, 0) is 4.74 Å². The van der Waals surface area contributed by atoms with Gasteiger partial charge in [0.1, 0.15) is 0 Å². The highest BCUT2D eigenvalue weighted by atomic mass is 16.5. The summed E-state index contributed by atoms with van der Waals surface area (Å²) in [6.45, 7) is 6.72. The van der Waals surface area contributed by atoms with E-state index in [1.165, 1.54) is 12.8 Å². The van der Waals surface area contributed by atoms with Crippen molar-refractivity contribution in [3.8, 4) is 6.07 Å². The van der Waals surface area contributed by atoms with E-state index in [1.807, 2.05) is 0 Å². The van der Waals surface area contributed by atoms with E-state index >= 15 is 0 Å². The highest BCUT2D eigenvalue weighted by Gasteiger charge is 2.04. The summed E-state index contributed by atoms with van der Waals surface area (Å²) >= 11 is 0. The van der Waals surface area contributed by atoms with Crippen molar-refractivity contribution in [2.75, 3.05) is 19.8 Å². The molecule has 0 fully saturated rings. The molecule has 0 amide bonds. The Bertz CT molecular complexity index is 165. The monoisotopic (exact) mass is 212 g/mol. The molecule has 0 bridgehead atoms. The molecule has 0 aliphatic carbocycles. The molecule has 3 heteroatoms. The number of nitrogens with zero attached hydrogens (tertiary/aromatic N) is 1. The molecule has 0 rings (SSSR count). The summed E-state index contributed by atoms with van der Waals surface area (Å²) in [6, 6.07) is 2.20. The smallest absolute Gasteiger partial charge is 0.0975 e. The topological polar surface area (TPSA) is 45.0 Å². The fourth-order valence-corrected chi connectivity index (χ4v) is 1.29. The van der Waals surface area contributed by atoms with Crippen molar-refractivity contribution < 1.29 is 4.74 Å². The van der Waals surface area contributed by atoms with Crippen LogP contribution in [0.1, 0.15) is 46.0 Å². The largest absolute Gasteiger partial charge is 0.381 e. The van der Waals surface area contributed by atoms with E-state index in [1.54, 1.807) is 0 Å². The summed E-state index contributed by atoms with van der Waals surface area (Å²) in [6.07, 6.45) is 5.45. The second-order valence-corrected chi connectivity index (χ2v) is 3.74. The van der Waals surface area contributed by atoms with Crippen molar-refractivity contribution in [2.24, 2.45) is 0 Å². The summed E-state index contributed by atoms with van der Waals surface area (Å²) in [5, 5.41) is 12.0. The van der Waals surface area contributed by atoms with Gasteiger partial charge in [-0.2, -0.15) is 5.26 Å². The number of unbranched alkanes of at least 4 members (excludes halogenated alkanes) is 2. The van der Waals surface area contributed by atoms with Crippen LogP contribution in [0.5, 0.6) is 0 Å². The second-order valence-electron chi connectivity index (χ2n) is 3.74. The van der Waals surface area contributed by atoms with Crippen LogP contribution in [0.2, 0.25) is 0 Å². The quantitative estimate of drug-likeness (QED) is 0.566. The maximum Gasteiger partial charge on any atom is 0.0975 e. The Morgan fingerprint density at radius 3 is 2.60 bits per heavy atom. The number of hydrogen-bond donors (Lipinski definition) is 1. The lowest BCUT2D eigenvalue weighted by molar-refractivity contribution is 0.124. The molecule has 1 atom stereocenters. The normalized spacial score (nSPS) is 12.3. The van der Waals surface area contributed by atoms with Gasteiger partial charge in [0.15, 0.2) is 0 Å². The highest BCUT2D eigenvalue weighted by Crippen LogP contribution is 1.96. The summed E-state index contributed by atoms with van der Waals surface area (Å²) in [7, 11) is 0. The van der Waals surface area contributed by atoms with Gasteiger partial charge in [0.25, 0.3) is 0 Å². The first kappa shape index (κ1) is 14.4. The van der Waals surface area contributed by atoms with Gasteiger partial charge in [-0.1, -0.05) is 26.7 Å². The zero-order valence-electron chi connectivity index (χ0n) is 10.1. The van der Waals surface area contributed by atoms with Crippen LogP contribution in [0.25, 0.3) is 0 Å². The minimum atomic E-state index is -0.0453. The lowest BCUT2D eigenvalue weighted by atomic mass is 10.2. The molecule has 0 aliphatic rings. The summed E-state index contributed by atoms with van der Waals surface area (Å²) in [5.41, 5.74) is 0. The predicted molar refractivity (Wildman–Crippen MR) is 62.7 cm³/mol. The van der Waals surface area contributed by atoms with Crippen LogP contribution >= 0.6 is 0 Å². The van der Waals surface area contributed by atoms with Crippen LogP contribution in [0.4, 0.5) is 0 Å². The van der Waals surface area contributed by atoms with Gasteiger partial charge in [0.2, 0.25) is 0 Å². The molecule has 0 aliphatic heterocycles. The Labute approximate surface area is 93.8 Å². The van der Waals surface area contributed by atoms with E-state index in [9.17, 15) is 0 Å². The number of ether oxygens (including phenoxy) is 1. The minimum absolute atomic E-state index is 0.0453. The third-order valence-corrected chi connectivity index (χ3v) is 2.24. The van der Waals surface area contributed by atoms with Crippen LogP contribution in [0, 0.1) is 11.3 Å². The highest BCUT2D eigenvalue weighted by molar-refractivity contribution is 4.89. The summed E-state index contributed by atoms with van der Waals surface area (Å²) in [5.74, 6) is 0. The van der Waals surface area contributed by atoms with Crippen molar-refractivity contribution in [2.45, 2.75) is 52.0 Å². The van der Waals surface area contributed by atoms with E-state index < -0.39 is 0 Å². The SMILES string of the molecule is CCCCCOCCC(C#N)NCCC. The molecule has 1 unspecified atom stereocenters. The number of nitrogens with one attached hydrogen (secondary N) is 1. The lowest BCUT2D eigenvalue weighted by Gasteiger charge is -2.10. The summed E-state index contributed by atoms with van der Waals surface area (Å²) < 4.78 is 5.46. The van der Waals surface area contributed by atoms with E-state index in [0.29, 0.717) is 6.61 Å². The van der Waals surface area contributed by atoms with Crippen molar-refractivity contribution in [3.63, 3.8) is 0 Å². The van der Waals surface area contributed by atoms with Gasteiger partial charge in [0.05, 0.1) is 12.1 Å². The third kappa shape index (κ3) is 9.71. The lowest BCUT2D eigenvalue weighted by Crippen LogP contribution is -2.29. The molecule has 1 N–H and O–H groups in total. The molecule has 0 saturated carbocycles. The van der Waals surface area contributed by atoms with Crippen LogP contribution in [0.15, 0.2) is 0 Å². The summed E-state index contributed by atoms with van der Waals surface area (Å²) in [4.78, 5) is 0. The van der Waals surface area contributed by atoms with E-state index in [-0.39, 0.29) is 6.04 Å². The second kappa shape index (κ2) is 11.5. The Kier molecular flexibility index (Phi) is 11.0. The van der Waals surface area contributed by atoms with Crippen LogP contribution in [-0.4, -0.2) is 25.8 Å². The molecular weight excluding hydrogens is 188 g/mol. The molecule has 0 radical (unpaired) electrons. The maximum absolute atomic E-state index is 8.83. The van der Waals surface area contributed by atoms with Gasteiger partial charge in [-0.25, -0.2) is 0 Å². The molecule has 0 aromatic carbocycles. The zero-order valence-corrected chi connectivity index (χ0v) is 10.1. The Morgan fingerprint density at radius 2 is 2.00 bits per heavy atom. The first-order valence-electron chi connectivity index (χ1n) is 6.05. The first-order valence-corrected chi connectivity index (χ1v) is 6.05. The van der Waals surface area contributed by atoms with Gasteiger partial charge in [0, 0.05) is 13.2 Å². The van der Waals surface area contributed by atoms with Crippen molar-refractivity contribution in [1.82, 2.24) is 5.32 Å².